The highest BCUT2D eigenvalue weighted by Gasteiger charge is 2.06. The molecule has 1 atom stereocenters. The summed E-state index contributed by atoms with van der Waals surface area (Å²) in [4.78, 5) is 9.36. The highest BCUT2D eigenvalue weighted by Crippen LogP contribution is 2.13. The third-order valence-corrected chi connectivity index (χ3v) is 2.94. The summed E-state index contributed by atoms with van der Waals surface area (Å²) in [6.07, 6.45) is 1.34. The first kappa shape index (κ1) is 17.9. The van der Waals surface area contributed by atoms with Crippen LogP contribution < -0.4 is 10.1 Å². The highest BCUT2D eigenvalue weighted by atomic mass is 17.2. The lowest BCUT2D eigenvalue weighted by Gasteiger charge is -2.15. The zero-order chi connectivity index (χ0) is 15.5. The largest absolute Gasteiger partial charge is 0.491 e. The van der Waals surface area contributed by atoms with Gasteiger partial charge in [0.15, 0.2) is 0 Å². The number of nitrogens with one attached hydrogen (secondary N) is 1. The van der Waals surface area contributed by atoms with Crippen LogP contribution in [0.15, 0.2) is 24.3 Å². The predicted octanol–water partition coefficient (Wildman–Crippen LogP) is 1.93. The molecule has 1 aromatic rings. The first-order chi connectivity index (χ1) is 10.1. The number of aliphatic hydroxyl groups is 1. The first-order valence-electron chi connectivity index (χ1n) is 7.40. The Bertz CT molecular complexity index is 367. The monoisotopic (exact) mass is 297 g/mol. The van der Waals surface area contributed by atoms with Gasteiger partial charge in [-0.1, -0.05) is 26.0 Å². The van der Waals surface area contributed by atoms with Gasteiger partial charge in [0.25, 0.3) is 0 Å². The molecule has 0 aliphatic rings. The Morgan fingerprint density at radius 1 is 1.19 bits per heavy atom. The molecule has 0 heterocycles. The van der Waals surface area contributed by atoms with Gasteiger partial charge in [0.1, 0.15) is 18.5 Å². The van der Waals surface area contributed by atoms with Crippen molar-refractivity contribution in [3.8, 4) is 5.75 Å². The zero-order valence-corrected chi connectivity index (χ0v) is 13.2. The van der Waals surface area contributed by atoms with E-state index in [1.807, 2.05) is 38.1 Å². The second kappa shape index (κ2) is 10.6. The van der Waals surface area contributed by atoms with Gasteiger partial charge in [-0.15, -0.1) is 0 Å². The Labute approximate surface area is 127 Å². The maximum absolute atomic E-state index is 9.77. The first-order valence-corrected chi connectivity index (χ1v) is 7.40. The van der Waals surface area contributed by atoms with E-state index in [1.54, 1.807) is 0 Å². The molecule has 0 amide bonds. The topological polar surface area (TPSA) is 60.0 Å². The van der Waals surface area contributed by atoms with Crippen LogP contribution in [0.2, 0.25) is 0 Å². The smallest absolute Gasteiger partial charge is 0.119 e. The molecule has 1 unspecified atom stereocenters. The molecule has 0 saturated heterocycles. The predicted molar refractivity (Wildman–Crippen MR) is 82.4 cm³/mol. The van der Waals surface area contributed by atoms with Crippen LogP contribution in [0.5, 0.6) is 5.75 Å². The summed E-state index contributed by atoms with van der Waals surface area (Å²) in [5, 5.41) is 12.9. The molecule has 21 heavy (non-hydrogen) atoms. The minimum Gasteiger partial charge on any atom is -0.491 e. The number of rotatable bonds is 11. The zero-order valence-electron chi connectivity index (χ0n) is 13.2. The van der Waals surface area contributed by atoms with Crippen molar-refractivity contribution < 1.29 is 19.6 Å². The van der Waals surface area contributed by atoms with Gasteiger partial charge in [0, 0.05) is 12.6 Å². The lowest BCUT2D eigenvalue weighted by molar-refractivity contribution is -0.272. The molecular weight excluding hydrogens is 270 g/mol. The van der Waals surface area contributed by atoms with Gasteiger partial charge in [-0.05, 0) is 30.5 Å². The second-order valence-electron chi connectivity index (χ2n) is 5.26. The van der Waals surface area contributed by atoms with Gasteiger partial charge in [-0.2, -0.15) is 0 Å². The molecule has 0 spiro atoms. The van der Waals surface area contributed by atoms with Crippen molar-refractivity contribution >= 4 is 0 Å². The maximum atomic E-state index is 9.77. The van der Waals surface area contributed by atoms with Crippen LogP contribution in [-0.4, -0.2) is 44.1 Å². The number of aliphatic hydroxyl groups excluding tert-OH is 1. The summed E-state index contributed by atoms with van der Waals surface area (Å²) < 4.78 is 5.56. The maximum Gasteiger partial charge on any atom is 0.119 e. The average Bonchev–Trinajstić information content (AvgIpc) is 2.48. The molecule has 0 fully saturated rings. The minimum atomic E-state index is -0.502. The van der Waals surface area contributed by atoms with E-state index in [1.165, 1.54) is 12.7 Å². The van der Waals surface area contributed by atoms with Crippen LogP contribution in [0, 0.1) is 0 Å². The summed E-state index contributed by atoms with van der Waals surface area (Å²) >= 11 is 0. The number of aryl methyl sites for hydroxylation is 1. The van der Waals surface area contributed by atoms with Crippen molar-refractivity contribution in [2.45, 2.75) is 38.8 Å². The lowest BCUT2D eigenvalue weighted by Crippen LogP contribution is -2.35. The van der Waals surface area contributed by atoms with Crippen molar-refractivity contribution in [2.75, 3.05) is 26.9 Å². The lowest BCUT2D eigenvalue weighted by atomic mass is 10.1. The Morgan fingerprint density at radius 3 is 2.52 bits per heavy atom. The molecule has 0 aliphatic heterocycles. The number of hydrogen-bond acceptors (Lipinski definition) is 5. The van der Waals surface area contributed by atoms with E-state index in [4.69, 9.17) is 9.62 Å². The molecule has 0 saturated carbocycles. The number of ether oxygens (including phenoxy) is 1. The summed E-state index contributed by atoms with van der Waals surface area (Å²) in [5.74, 6) is 0.774. The van der Waals surface area contributed by atoms with Crippen molar-refractivity contribution in [3.05, 3.63) is 29.8 Å². The van der Waals surface area contributed by atoms with Gasteiger partial charge in [0.2, 0.25) is 0 Å². The van der Waals surface area contributed by atoms with E-state index in [-0.39, 0.29) is 0 Å². The molecule has 1 rings (SSSR count). The molecule has 120 valence electrons. The van der Waals surface area contributed by atoms with Crippen LogP contribution in [0.4, 0.5) is 0 Å². The quantitative estimate of drug-likeness (QED) is 0.371. The SMILES string of the molecule is COOCCCc1ccc(OCC(O)CNC(C)C)cc1. The Balaban J connectivity index is 2.24. The van der Waals surface area contributed by atoms with Crippen molar-refractivity contribution in [3.63, 3.8) is 0 Å². The number of benzene rings is 1. The van der Waals surface area contributed by atoms with Gasteiger partial charge in [0.05, 0.1) is 13.7 Å². The Morgan fingerprint density at radius 2 is 1.90 bits per heavy atom. The Hall–Kier alpha value is -1.14. The van der Waals surface area contributed by atoms with E-state index in [9.17, 15) is 5.11 Å². The molecule has 5 heteroatoms. The molecule has 0 bridgehead atoms. The third-order valence-electron chi connectivity index (χ3n) is 2.94. The van der Waals surface area contributed by atoms with Crippen molar-refractivity contribution in [2.24, 2.45) is 0 Å². The normalized spacial score (nSPS) is 12.6. The average molecular weight is 297 g/mol. The van der Waals surface area contributed by atoms with Crippen molar-refractivity contribution in [1.82, 2.24) is 5.32 Å². The highest BCUT2D eigenvalue weighted by molar-refractivity contribution is 5.27. The van der Waals surface area contributed by atoms with Crippen molar-refractivity contribution in [1.29, 1.82) is 0 Å². The van der Waals surface area contributed by atoms with Gasteiger partial charge in [-0.3, -0.25) is 0 Å². The minimum absolute atomic E-state index is 0.292. The van der Waals surface area contributed by atoms with Crippen LogP contribution in [-0.2, 0) is 16.2 Å². The molecule has 2 N–H and O–H groups in total. The fourth-order valence-corrected chi connectivity index (χ4v) is 1.79. The fraction of sp³-hybridized carbons (Fsp3) is 0.625. The van der Waals surface area contributed by atoms with Gasteiger partial charge >= 0.3 is 0 Å². The summed E-state index contributed by atoms with van der Waals surface area (Å²) in [6, 6.07) is 8.27. The number of hydrogen-bond donors (Lipinski definition) is 2. The molecule has 0 aromatic heterocycles. The van der Waals surface area contributed by atoms with Crippen LogP contribution in [0.25, 0.3) is 0 Å². The standard InChI is InChI=1S/C16H27NO4/c1-13(2)17-11-15(18)12-20-16-8-6-14(7-9-16)5-4-10-21-19-3/h6-9,13,15,17-18H,4-5,10-12H2,1-3H3. The van der Waals surface area contributed by atoms with Crippen LogP contribution >= 0.6 is 0 Å². The summed E-state index contributed by atoms with van der Waals surface area (Å²) in [5.41, 5.74) is 1.23. The summed E-state index contributed by atoms with van der Waals surface area (Å²) in [7, 11) is 1.51. The van der Waals surface area contributed by atoms with Crippen LogP contribution in [0.1, 0.15) is 25.8 Å². The second-order valence-corrected chi connectivity index (χ2v) is 5.26. The molecule has 0 radical (unpaired) electrons. The summed E-state index contributed by atoms with van der Waals surface area (Å²) in [6.45, 7) is 5.51. The molecule has 5 nitrogen and oxygen atoms in total. The van der Waals surface area contributed by atoms with E-state index in [2.05, 4.69) is 10.2 Å². The van der Waals surface area contributed by atoms with Gasteiger partial charge in [-0.25, -0.2) is 9.78 Å². The Kier molecular flexibility index (Phi) is 9.01. The van der Waals surface area contributed by atoms with E-state index in [0.717, 1.165) is 18.6 Å². The molecule has 1 aromatic carbocycles. The van der Waals surface area contributed by atoms with Crippen LogP contribution in [0.3, 0.4) is 0 Å². The molecular formula is C16H27NO4. The van der Waals surface area contributed by atoms with E-state index < -0.39 is 6.10 Å². The van der Waals surface area contributed by atoms with Gasteiger partial charge < -0.3 is 15.2 Å². The fourth-order valence-electron chi connectivity index (χ4n) is 1.79. The van der Waals surface area contributed by atoms with E-state index in [0.29, 0.717) is 25.8 Å². The van der Waals surface area contributed by atoms with E-state index >= 15 is 0 Å². The third kappa shape index (κ3) is 8.67. The molecule has 0 aliphatic carbocycles.